The number of nitrogen functional groups attached to an aromatic ring is 1. The summed E-state index contributed by atoms with van der Waals surface area (Å²) in [6.07, 6.45) is 4.40. The van der Waals surface area contributed by atoms with Crippen molar-refractivity contribution in [3.05, 3.63) is 52.8 Å². The van der Waals surface area contributed by atoms with Crippen molar-refractivity contribution in [3.8, 4) is 5.75 Å². The smallest absolute Gasteiger partial charge is 0.244 e. The molecule has 8 nitrogen and oxygen atoms in total. The first-order valence-electron chi connectivity index (χ1n) is 11.7. The monoisotopic (exact) mass is 559 g/mol. The van der Waals surface area contributed by atoms with Crippen molar-refractivity contribution in [3.63, 3.8) is 0 Å². The average molecular weight is 561 g/mol. The van der Waals surface area contributed by atoms with E-state index in [4.69, 9.17) is 15.5 Å². The average Bonchev–Trinajstić information content (AvgIpc) is 3.21. The predicted molar refractivity (Wildman–Crippen MR) is 143 cm³/mol. The van der Waals surface area contributed by atoms with Gasteiger partial charge in [-0.2, -0.15) is 0 Å². The maximum atomic E-state index is 12.8. The Morgan fingerprint density at radius 2 is 1.91 bits per heavy atom. The van der Waals surface area contributed by atoms with Crippen molar-refractivity contribution < 1.29 is 13.2 Å². The third-order valence-corrected chi connectivity index (χ3v) is 7.93. The lowest BCUT2D eigenvalue weighted by Crippen LogP contribution is -2.25. The second-order valence-electron chi connectivity index (χ2n) is 8.39. The van der Waals surface area contributed by atoms with Crippen molar-refractivity contribution in [2.45, 2.75) is 50.5 Å². The van der Waals surface area contributed by atoms with E-state index in [0.717, 1.165) is 53.4 Å². The highest BCUT2D eigenvalue weighted by Crippen LogP contribution is 2.30. The number of aryl methyl sites for hydroxylation is 2. The lowest BCUT2D eigenvalue weighted by molar-refractivity contribution is 0.402. The molecule has 0 atom stereocenters. The highest BCUT2D eigenvalue weighted by Gasteiger charge is 2.20. The molecule has 0 aliphatic heterocycles. The van der Waals surface area contributed by atoms with Gasteiger partial charge >= 0.3 is 0 Å². The lowest BCUT2D eigenvalue weighted by Gasteiger charge is -2.13. The molecule has 0 unspecified atom stereocenters. The van der Waals surface area contributed by atoms with Crippen molar-refractivity contribution in [2.24, 2.45) is 0 Å². The Morgan fingerprint density at radius 1 is 1.11 bits per heavy atom. The number of halogens is 1. The van der Waals surface area contributed by atoms with E-state index < -0.39 is 10.0 Å². The number of methoxy groups -OCH3 is 1. The number of ether oxygens (including phenoxy) is 1. The van der Waals surface area contributed by atoms with Gasteiger partial charge in [0.25, 0.3) is 0 Å². The number of hydrogen-bond acceptors (Lipinski definition) is 6. The number of anilines is 1. The van der Waals surface area contributed by atoms with E-state index in [1.807, 2.05) is 24.3 Å². The van der Waals surface area contributed by atoms with E-state index in [9.17, 15) is 8.42 Å². The highest BCUT2D eigenvalue weighted by molar-refractivity contribution is 9.10. The number of pyridine rings is 1. The van der Waals surface area contributed by atoms with E-state index in [0.29, 0.717) is 35.6 Å². The van der Waals surface area contributed by atoms with Crippen LogP contribution < -0.4 is 15.2 Å². The van der Waals surface area contributed by atoms with Crippen LogP contribution >= 0.6 is 15.9 Å². The molecule has 35 heavy (non-hydrogen) atoms. The number of unbranched alkanes of at least 4 members (excludes halogenated alkanes) is 2. The van der Waals surface area contributed by atoms with Crippen LogP contribution in [0.2, 0.25) is 0 Å². The summed E-state index contributed by atoms with van der Waals surface area (Å²) in [5, 5.41) is 1.02. The summed E-state index contributed by atoms with van der Waals surface area (Å²) < 4.78 is 36.5. The van der Waals surface area contributed by atoms with E-state index in [1.165, 1.54) is 7.11 Å². The molecule has 0 radical (unpaired) electrons. The van der Waals surface area contributed by atoms with Gasteiger partial charge in [0.1, 0.15) is 22.0 Å². The van der Waals surface area contributed by atoms with Crippen molar-refractivity contribution in [1.82, 2.24) is 19.3 Å². The van der Waals surface area contributed by atoms with Crippen LogP contribution in [-0.4, -0.2) is 36.6 Å². The molecular formula is C25H30BrN5O3S. The number of sulfonamides is 1. The minimum absolute atomic E-state index is 0.117. The number of nitrogens with zero attached hydrogens (tertiary/aromatic N) is 3. The Kier molecular flexibility index (Phi) is 7.93. The Balaban J connectivity index is 1.52. The van der Waals surface area contributed by atoms with Gasteiger partial charge < -0.3 is 15.0 Å². The zero-order valence-electron chi connectivity index (χ0n) is 19.9. The normalized spacial score (nSPS) is 12.0. The Morgan fingerprint density at radius 3 is 2.69 bits per heavy atom. The molecule has 4 aromatic rings. The van der Waals surface area contributed by atoms with Crippen LogP contribution in [0, 0.1) is 0 Å². The number of aromatic nitrogens is 3. The highest BCUT2D eigenvalue weighted by atomic mass is 79.9. The topological polar surface area (TPSA) is 112 Å². The van der Waals surface area contributed by atoms with E-state index in [-0.39, 0.29) is 4.90 Å². The maximum absolute atomic E-state index is 12.8. The number of imidazole rings is 1. The summed E-state index contributed by atoms with van der Waals surface area (Å²) in [7, 11) is -2.24. The Labute approximate surface area is 214 Å². The summed E-state index contributed by atoms with van der Waals surface area (Å²) in [5.74, 6) is 1.74. The summed E-state index contributed by atoms with van der Waals surface area (Å²) in [5.41, 5.74) is 8.85. The quantitative estimate of drug-likeness (QED) is 0.249. The van der Waals surface area contributed by atoms with E-state index in [2.05, 4.69) is 37.1 Å². The standard InChI is InChI=1S/C25H30BrN5O3S/c1-3-4-11-22-30-23-24(18-9-5-6-10-19(18)29-25(23)27)31(22)15-8-7-14-28-35(32,33)21-16-17(26)12-13-20(21)34-2/h5-6,9-10,12-13,16,28H,3-4,7-8,11,14-15H2,1-2H3,(H2,27,29). The van der Waals surface area contributed by atoms with Gasteiger partial charge in [-0.05, 0) is 43.5 Å². The van der Waals surface area contributed by atoms with Gasteiger partial charge in [-0.1, -0.05) is 47.5 Å². The maximum Gasteiger partial charge on any atom is 0.244 e. The molecule has 0 amide bonds. The first kappa shape index (κ1) is 25.4. The van der Waals surface area contributed by atoms with Gasteiger partial charge in [0.15, 0.2) is 5.82 Å². The van der Waals surface area contributed by atoms with E-state index in [1.54, 1.807) is 18.2 Å². The molecule has 2 aromatic heterocycles. The van der Waals surface area contributed by atoms with Crippen LogP contribution in [0.3, 0.4) is 0 Å². The van der Waals surface area contributed by atoms with Gasteiger partial charge in [0.05, 0.1) is 18.1 Å². The number of nitrogens with one attached hydrogen (secondary N) is 1. The molecule has 0 fully saturated rings. The molecular weight excluding hydrogens is 530 g/mol. The molecule has 2 heterocycles. The van der Waals surface area contributed by atoms with Crippen LogP contribution in [0.15, 0.2) is 51.8 Å². The minimum atomic E-state index is -3.70. The molecule has 4 rings (SSSR count). The van der Waals surface area contributed by atoms with E-state index >= 15 is 0 Å². The number of hydrogen-bond donors (Lipinski definition) is 2. The van der Waals surface area contributed by atoms with Gasteiger partial charge in [-0.25, -0.2) is 23.1 Å². The number of fused-ring (bicyclic) bond motifs is 3. The van der Waals surface area contributed by atoms with Gasteiger partial charge in [-0.15, -0.1) is 0 Å². The minimum Gasteiger partial charge on any atom is -0.495 e. The molecule has 0 bridgehead atoms. The fraction of sp³-hybridized carbons (Fsp3) is 0.360. The van der Waals surface area contributed by atoms with Crippen molar-refractivity contribution in [2.75, 3.05) is 19.4 Å². The van der Waals surface area contributed by atoms with Crippen LogP contribution in [0.1, 0.15) is 38.4 Å². The summed E-state index contributed by atoms with van der Waals surface area (Å²) >= 11 is 3.33. The largest absolute Gasteiger partial charge is 0.495 e. The van der Waals surface area contributed by atoms with Crippen molar-refractivity contribution in [1.29, 1.82) is 0 Å². The second-order valence-corrected chi connectivity index (χ2v) is 11.0. The third kappa shape index (κ3) is 5.44. The van der Waals surface area contributed by atoms with Gasteiger partial charge in [-0.3, -0.25) is 0 Å². The fourth-order valence-corrected chi connectivity index (χ4v) is 5.99. The molecule has 186 valence electrons. The fourth-order valence-electron chi connectivity index (χ4n) is 4.21. The molecule has 0 saturated heterocycles. The molecule has 2 aromatic carbocycles. The van der Waals surface area contributed by atoms with Crippen LogP contribution in [0.4, 0.5) is 5.82 Å². The number of nitrogens with two attached hydrogens (primary N) is 1. The molecule has 10 heteroatoms. The SMILES string of the molecule is CCCCc1nc2c(N)nc3ccccc3c2n1CCCCNS(=O)(=O)c1cc(Br)ccc1OC. The van der Waals surface area contributed by atoms with Gasteiger partial charge in [0, 0.05) is 29.4 Å². The molecule has 0 saturated carbocycles. The molecule has 0 spiro atoms. The molecule has 3 N–H and O–H groups in total. The molecule has 0 aliphatic rings. The molecule has 0 aliphatic carbocycles. The zero-order valence-corrected chi connectivity index (χ0v) is 22.3. The lowest BCUT2D eigenvalue weighted by atomic mass is 10.2. The predicted octanol–water partition coefficient (Wildman–Crippen LogP) is 5.04. The Hall–Kier alpha value is -2.69. The Bertz CT molecular complexity index is 1450. The number of rotatable bonds is 11. The third-order valence-electron chi connectivity index (χ3n) is 5.96. The number of para-hydroxylation sites is 1. The summed E-state index contributed by atoms with van der Waals surface area (Å²) in [6.45, 7) is 3.19. The number of benzene rings is 2. The van der Waals surface area contributed by atoms with Crippen LogP contribution in [0.25, 0.3) is 21.9 Å². The summed E-state index contributed by atoms with van der Waals surface area (Å²) in [4.78, 5) is 9.50. The summed E-state index contributed by atoms with van der Waals surface area (Å²) in [6, 6.07) is 12.9. The first-order chi connectivity index (χ1) is 16.9. The van der Waals surface area contributed by atoms with Gasteiger partial charge in [0.2, 0.25) is 10.0 Å². The second kappa shape index (κ2) is 10.9. The zero-order chi connectivity index (χ0) is 25.0. The van der Waals surface area contributed by atoms with Crippen LogP contribution in [0.5, 0.6) is 5.75 Å². The van der Waals surface area contributed by atoms with Crippen molar-refractivity contribution >= 4 is 53.7 Å². The van der Waals surface area contributed by atoms with Crippen LogP contribution in [-0.2, 0) is 23.0 Å². The first-order valence-corrected chi connectivity index (χ1v) is 14.0.